The number of ether oxygens (including phenoxy) is 3. The number of hydrogen-bond acceptors (Lipinski definition) is 3. The van der Waals surface area contributed by atoms with Gasteiger partial charge in [0.25, 0.3) is 0 Å². The molecule has 3 nitrogen and oxygen atoms in total. The molecule has 0 bridgehead atoms. The normalized spacial score (nSPS) is 10.0. The van der Waals surface area contributed by atoms with Crippen LogP contribution in [0, 0.1) is 0 Å². The van der Waals surface area contributed by atoms with Crippen molar-refractivity contribution in [2.45, 2.75) is 0 Å². The fourth-order valence-corrected chi connectivity index (χ4v) is 0.387. The van der Waals surface area contributed by atoms with E-state index in [0.29, 0.717) is 26.4 Å². The highest BCUT2D eigenvalue weighted by Crippen LogP contribution is 1.75. The van der Waals surface area contributed by atoms with Crippen LogP contribution in [0.15, 0.2) is 0 Å². The second-order valence-electron chi connectivity index (χ2n) is 1.60. The van der Waals surface area contributed by atoms with E-state index in [0.717, 1.165) is 0 Å². The van der Waals surface area contributed by atoms with E-state index in [1.807, 2.05) is 0 Å². The molecule has 0 radical (unpaired) electrons. The first-order valence-electron chi connectivity index (χ1n) is 2.97. The van der Waals surface area contributed by atoms with E-state index in [1.165, 1.54) is 0 Å². The summed E-state index contributed by atoms with van der Waals surface area (Å²) in [5, 5.41) is 0. The topological polar surface area (TPSA) is 27.7 Å². The smallest absolute Gasteiger partial charge is 0.0701 e. The van der Waals surface area contributed by atoms with Gasteiger partial charge in [-0.15, -0.1) is 0 Å². The highest BCUT2D eigenvalue weighted by molar-refractivity contribution is 4.28. The number of hydrogen-bond donors (Lipinski definition) is 0. The van der Waals surface area contributed by atoms with Crippen LogP contribution in [0.1, 0.15) is 1.43 Å². The Morgan fingerprint density at radius 3 is 1.67 bits per heavy atom. The zero-order chi connectivity index (χ0) is 6.95. The second kappa shape index (κ2) is 7.88. The molecule has 0 heterocycles. The van der Waals surface area contributed by atoms with E-state index in [2.05, 4.69) is 0 Å². The number of methoxy groups -OCH3 is 2. The molecule has 0 aromatic rings. The largest absolute Gasteiger partial charge is 0.382 e. The van der Waals surface area contributed by atoms with Crippen molar-refractivity contribution in [3.63, 3.8) is 0 Å². The summed E-state index contributed by atoms with van der Waals surface area (Å²) >= 11 is 0. The molecule has 0 unspecified atom stereocenters. The van der Waals surface area contributed by atoms with E-state index >= 15 is 0 Å². The average Bonchev–Trinajstić information content (AvgIpc) is 1.89. The lowest BCUT2D eigenvalue weighted by Gasteiger charge is -2.00. The van der Waals surface area contributed by atoms with E-state index < -0.39 is 0 Å². The predicted octanol–water partition coefficient (Wildman–Crippen LogP) is 0.542. The van der Waals surface area contributed by atoms with Gasteiger partial charge in [-0.2, -0.15) is 0 Å². The Morgan fingerprint density at radius 1 is 0.889 bits per heavy atom. The maximum Gasteiger partial charge on any atom is 0.0701 e. The highest BCUT2D eigenvalue weighted by atomic mass is 16.5. The minimum Gasteiger partial charge on any atom is -0.382 e. The third-order valence-electron chi connectivity index (χ3n) is 0.864. The monoisotopic (exact) mass is 136 g/mol. The molecule has 0 rings (SSSR count). The number of rotatable bonds is 6. The lowest BCUT2D eigenvalue weighted by molar-refractivity contribution is 0.0385. The van der Waals surface area contributed by atoms with E-state index in [1.54, 1.807) is 14.2 Å². The Kier molecular flexibility index (Phi) is 7.77. The Hall–Kier alpha value is -0.120. The summed E-state index contributed by atoms with van der Waals surface area (Å²) in [7, 11) is 3.30. The van der Waals surface area contributed by atoms with E-state index in [4.69, 9.17) is 14.2 Å². The third kappa shape index (κ3) is 7.88. The summed E-state index contributed by atoms with van der Waals surface area (Å²) in [6.07, 6.45) is 0. The van der Waals surface area contributed by atoms with Crippen LogP contribution in [0.3, 0.4) is 0 Å². The van der Waals surface area contributed by atoms with Gasteiger partial charge in [-0.05, 0) is 0 Å². The van der Waals surface area contributed by atoms with Crippen LogP contribution in [0.4, 0.5) is 0 Å². The van der Waals surface area contributed by atoms with Crippen LogP contribution < -0.4 is 0 Å². The van der Waals surface area contributed by atoms with Crippen molar-refractivity contribution in [3.8, 4) is 0 Å². The first-order chi connectivity index (χ1) is 4.41. The van der Waals surface area contributed by atoms with Crippen LogP contribution in [-0.2, 0) is 14.2 Å². The lowest BCUT2D eigenvalue weighted by Crippen LogP contribution is -2.06. The molecule has 0 aliphatic heterocycles. The van der Waals surface area contributed by atoms with Gasteiger partial charge >= 0.3 is 0 Å². The Bertz CT molecular complexity index is 46.3. The standard InChI is InChI=1S/C6H14O3.H2/c1-7-3-5-9-6-4-8-2;/h3-6H2,1-2H3;1H. The summed E-state index contributed by atoms with van der Waals surface area (Å²) < 4.78 is 14.6. The minimum absolute atomic E-state index is 0. The molecule has 0 spiro atoms. The molecule has 0 aromatic heterocycles. The van der Waals surface area contributed by atoms with Crippen LogP contribution in [0.5, 0.6) is 0 Å². The summed E-state index contributed by atoms with van der Waals surface area (Å²) in [6.45, 7) is 2.62. The second-order valence-corrected chi connectivity index (χ2v) is 1.60. The van der Waals surface area contributed by atoms with Gasteiger partial charge in [-0.1, -0.05) is 0 Å². The highest BCUT2D eigenvalue weighted by Gasteiger charge is 1.84. The van der Waals surface area contributed by atoms with E-state index in [9.17, 15) is 0 Å². The van der Waals surface area contributed by atoms with Crippen molar-refractivity contribution >= 4 is 0 Å². The van der Waals surface area contributed by atoms with Gasteiger partial charge in [0, 0.05) is 15.6 Å². The van der Waals surface area contributed by atoms with Gasteiger partial charge in [0.1, 0.15) is 0 Å². The van der Waals surface area contributed by atoms with Crippen LogP contribution in [-0.4, -0.2) is 40.6 Å². The summed E-state index contributed by atoms with van der Waals surface area (Å²) in [5.41, 5.74) is 0. The van der Waals surface area contributed by atoms with Crippen LogP contribution >= 0.6 is 0 Å². The fraction of sp³-hybridized carbons (Fsp3) is 1.00. The van der Waals surface area contributed by atoms with Gasteiger partial charge in [0.2, 0.25) is 0 Å². The van der Waals surface area contributed by atoms with Crippen molar-refractivity contribution in [2.24, 2.45) is 0 Å². The zero-order valence-electron chi connectivity index (χ0n) is 6.05. The summed E-state index contributed by atoms with van der Waals surface area (Å²) in [5.74, 6) is 0. The van der Waals surface area contributed by atoms with Crippen LogP contribution in [0.25, 0.3) is 0 Å². The van der Waals surface area contributed by atoms with Crippen molar-refractivity contribution < 1.29 is 15.6 Å². The third-order valence-corrected chi connectivity index (χ3v) is 0.864. The van der Waals surface area contributed by atoms with E-state index in [-0.39, 0.29) is 1.43 Å². The first kappa shape index (κ1) is 8.88. The molecule has 0 aliphatic carbocycles. The molecular formula is C6H16O3. The Balaban J connectivity index is 0. The predicted molar refractivity (Wildman–Crippen MR) is 36.7 cm³/mol. The molecule has 0 atom stereocenters. The first-order valence-corrected chi connectivity index (χ1v) is 2.97. The molecule has 0 aliphatic rings. The van der Waals surface area contributed by atoms with Gasteiger partial charge in [0.05, 0.1) is 26.4 Å². The molecule has 0 aromatic carbocycles. The fourth-order valence-electron chi connectivity index (χ4n) is 0.387. The minimum atomic E-state index is 0. The Morgan fingerprint density at radius 2 is 1.33 bits per heavy atom. The molecule has 9 heavy (non-hydrogen) atoms. The van der Waals surface area contributed by atoms with Gasteiger partial charge in [0.15, 0.2) is 0 Å². The van der Waals surface area contributed by atoms with Crippen molar-refractivity contribution in [1.82, 2.24) is 0 Å². The molecule has 58 valence electrons. The SMILES string of the molecule is COCCOCCOC.[HH]. The molecule has 0 saturated carbocycles. The molecular weight excluding hydrogens is 120 g/mol. The van der Waals surface area contributed by atoms with Gasteiger partial charge in [-0.3, -0.25) is 0 Å². The van der Waals surface area contributed by atoms with Gasteiger partial charge in [-0.25, -0.2) is 0 Å². The van der Waals surface area contributed by atoms with Crippen molar-refractivity contribution in [3.05, 3.63) is 0 Å². The molecule has 3 heteroatoms. The molecule has 0 fully saturated rings. The van der Waals surface area contributed by atoms with Gasteiger partial charge < -0.3 is 14.2 Å². The maximum absolute atomic E-state index is 5.06. The Labute approximate surface area is 57.4 Å². The molecule has 0 amide bonds. The molecule has 0 saturated heterocycles. The summed E-state index contributed by atoms with van der Waals surface area (Å²) in [6, 6.07) is 0. The zero-order valence-corrected chi connectivity index (χ0v) is 6.05. The lowest BCUT2D eigenvalue weighted by atomic mass is 10.7. The maximum atomic E-state index is 5.06. The molecule has 0 N–H and O–H groups in total. The average molecular weight is 136 g/mol. The summed E-state index contributed by atoms with van der Waals surface area (Å²) in [4.78, 5) is 0. The van der Waals surface area contributed by atoms with Crippen molar-refractivity contribution in [1.29, 1.82) is 0 Å². The van der Waals surface area contributed by atoms with Crippen molar-refractivity contribution in [2.75, 3.05) is 40.6 Å². The van der Waals surface area contributed by atoms with Crippen LogP contribution in [0.2, 0.25) is 0 Å². The quantitative estimate of drug-likeness (QED) is 0.499.